The predicted molar refractivity (Wildman–Crippen MR) is 175 cm³/mol. The maximum Gasteiger partial charge on any atom is 0.407 e. The molecule has 10 nitrogen and oxygen atoms in total. The van der Waals surface area contributed by atoms with E-state index in [0.717, 1.165) is 12.8 Å². The highest BCUT2D eigenvalue weighted by molar-refractivity contribution is 5.84. The number of nitrogens with two attached hydrogens (primary N) is 1. The summed E-state index contributed by atoms with van der Waals surface area (Å²) in [5, 5.41) is 2.61. The van der Waals surface area contributed by atoms with Crippen LogP contribution >= 0.6 is 0 Å². The number of carbonyl (C=O) groups excluding carboxylic acids is 4. The Kier molecular flexibility index (Phi) is 14.9. The molecule has 258 valence electrons. The van der Waals surface area contributed by atoms with E-state index >= 15 is 0 Å². The molecule has 0 radical (unpaired) electrons. The second-order valence-electron chi connectivity index (χ2n) is 16.4. The fraction of sp³-hybridized carbons (Fsp3) is 0.882. The van der Waals surface area contributed by atoms with Crippen LogP contribution in [0.1, 0.15) is 122 Å². The maximum atomic E-state index is 14.2. The summed E-state index contributed by atoms with van der Waals surface area (Å²) in [4.78, 5) is 54.9. The molecule has 0 rings (SSSR count). The number of nitrogens with one attached hydrogen (secondary N) is 1. The van der Waals surface area contributed by atoms with Crippen LogP contribution in [0.25, 0.3) is 0 Å². The minimum absolute atomic E-state index is 0.0434. The molecule has 0 aliphatic rings. The summed E-state index contributed by atoms with van der Waals surface area (Å²) in [6.07, 6.45) is 1.45. The van der Waals surface area contributed by atoms with E-state index in [9.17, 15) is 19.2 Å². The molecule has 2 amide bonds. The second kappa shape index (κ2) is 15.8. The fourth-order valence-corrected chi connectivity index (χ4v) is 5.36. The van der Waals surface area contributed by atoms with Crippen molar-refractivity contribution in [1.82, 2.24) is 10.2 Å². The van der Waals surface area contributed by atoms with E-state index in [1.165, 1.54) is 0 Å². The number of amides is 2. The molecule has 0 aliphatic heterocycles. The monoisotopic (exact) mass is 627 g/mol. The van der Waals surface area contributed by atoms with E-state index in [-0.39, 0.29) is 38.5 Å². The standard InChI is InChI=1S/C34H65N3O7/c1-16-17-19-42-25(38)22-34(29(2,3)4,27(40)43-20-18-36-28(41)44-30(5,6)7)23-31(8,9)33(12,13)24(21-32(10,11)35)26(39)37(14)15/h24H,16-23,35H2,1-15H3,(H,36,41). The molecule has 2 atom stereocenters. The molecule has 0 aliphatic carbocycles. The molecule has 44 heavy (non-hydrogen) atoms. The van der Waals surface area contributed by atoms with Crippen LogP contribution in [-0.4, -0.2) is 73.8 Å². The summed E-state index contributed by atoms with van der Waals surface area (Å²) in [5.41, 5.74) is 1.80. The van der Waals surface area contributed by atoms with Gasteiger partial charge in [0.05, 0.1) is 25.0 Å². The highest BCUT2D eigenvalue weighted by Crippen LogP contribution is 2.58. The molecule has 0 fully saturated rings. The van der Waals surface area contributed by atoms with Crippen LogP contribution in [0.4, 0.5) is 4.79 Å². The van der Waals surface area contributed by atoms with Crippen LogP contribution in [0.5, 0.6) is 0 Å². The number of esters is 2. The van der Waals surface area contributed by atoms with Crippen molar-refractivity contribution in [2.45, 2.75) is 133 Å². The Labute approximate surface area is 267 Å². The third-order valence-corrected chi connectivity index (χ3v) is 8.87. The molecule has 0 bridgehead atoms. The van der Waals surface area contributed by atoms with Gasteiger partial charge in [0.1, 0.15) is 12.2 Å². The molecular weight excluding hydrogens is 562 g/mol. The molecule has 3 N–H and O–H groups in total. The molecule has 0 aromatic heterocycles. The highest BCUT2D eigenvalue weighted by Gasteiger charge is 2.58. The minimum Gasteiger partial charge on any atom is -0.466 e. The predicted octanol–water partition coefficient (Wildman–Crippen LogP) is 6.09. The smallest absolute Gasteiger partial charge is 0.407 e. The van der Waals surface area contributed by atoms with Gasteiger partial charge in [-0.3, -0.25) is 14.4 Å². The third kappa shape index (κ3) is 12.6. The Balaban J connectivity index is 6.65. The number of unbranched alkanes of at least 4 members (excludes halogenated alkanes) is 1. The minimum atomic E-state index is -1.31. The van der Waals surface area contributed by atoms with Crippen molar-refractivity contribution < 1.29 is 33.4 Å². The lowest BCUT2D eigenvalue weighted by Crippen LogP contribution is -2.55. The largest absolute Gasteiger partial charge is 0.466 e. The van der Waals surface area contributed by atoms with Gasteiger partial charge < -0.3 is 30.2 Å². The van der Waals surface area contributed by atoms with Crippen molar-refractivity contribution in [2.24, 2.45) is 33.3 Å². The summed E-state index contributed by atoms with van der Waals surface area (Å²) in [7, 11) is 3.47. The zero-order valence-corrected chi connectivity index (χ0v) is 30.6. The van der Waals surface area contributed by atoms with Crippen molar-refractivity contribution in [3.8, 4) is 0 Å². The summed E-state index contributed by atoms with van der Waals surface area (Å²) < 4.78 is 16.7. The molecule has 0 spiro atoms. The molecule has 0 heterocycles. The van der Waals surface area contributed by atoms with Gasteiger partial charge in [0.25, 0.3) is 0 Å². The first-order valence-corrected chi connectivity index (χ1v) is 15.9. The molecule has 2 unspecified atom stereocenters. The first kappa shape index (κ1) is 41.6. The zero-order chi connectivity index (χ0) is 34.9. The van der Waals surface area contributed by atoms with Gasteiger partial charge in [-0.25, -0.2) is 4.79 Å². The van der Waals surface area contributed by atoms with Crippen LogP contribution in [0.15, 0.2) is 0 Å². The summed E-state index contributed by atoms with van der Waals surface area (Å²) in [6.45, 7) is 25.2. The quantitative estimate of drug-likeness (QED) is 0.119. The van der Waals surface area contributed by atoms with Crippen LogP contribution < -0.4 is 11.1 Å². The van der Waals surface area contributed by atoms with Crippen molar-refractivity contribution in [2.75, 3.05) is 33.9 Å². The lowest BCUT2D eigenvalue weighted by atomic mass is 9.50. The Hall–Kier alpha value is -2.36. The zero-order valence-electron chi connectivity index (χ0n) is 30.6. The number of carbonyl (C=O) groups is 4. The van der Waals surface area contributed by atoms with Crippen LogP contribution in [0.2, 0.25) is 0 Å². The molecule has 0 aromatic rings. The van der Waals surface area contributed by atoms with Crippen LogP contribution in [0, 0.1) is 27.6 Å². The Bertz CT molecular complexity index is 969. The average molecular weight is 628 g/mol. The number of hydrogen-bond donors (Lipinski definition) is 2. The van der Waals surface area contributed by atoms with Gasteiger partial charge in [-0.1, -0.05) is 61.8 Å². The maximum absolute atomic E-state index is 14.2. The summed E-state index contributed by atoms with van der Waals surface area (Å²) in [5.74, 6) is -1.54. The van der Waals surface area contributed by atoms with Crippen molar-refractivity contribution >= 4 is 23.9 Å². The average Bonchev–Trinajstić information content (AvgIpc) is 2.81. The number of nitrogens with zero attached hydrogens (tertiary/aromatic N) is 1. The molecule has 10 heteroatoms. The van der Waals surface area contributed by atoms with E-state index in [2.05, 4.69) is 5.32 Å². The van der Waals surface area contributed by atoms with Gasteiger partial charge in [0, 0.05) is 25.6 Å². The van der Waals surface area contributed by atoms with Gasteiger partial charge in [-0.2, -0.15) is 0 Å². The van der Waals surface area contributed by atoms with Crippen molar-refractivity contribution in [3.63, 3.8) is 0 Å². The van der Waals surface area contributed by atoms with Crippen molar-refractivity contribution in [3.05, 3.63) is 0 Å². The highest BCUT2D eigenvalue weighted by atomic mass is 16.6. The first-order chi connectivity index (χ1) is 19.6. The Morgan fingerprint density at radius 2 is 1.39 bits per heavy atom. The second-order valence-corrected chi connectivity index (χ2v) is 16.4. The first-order valence-electron chi connectivity index (χ1n) is 15.9. The summed E-state index contributed by atoms with van der Waals surface area (Å²) in [6, 6.07) is 0. The van der Waals surface area contributed by atoms with Gasteiger partial charge in [-0.15, -0.1) is 0 Å². The third-order valence-electron chi connectivity index (χ3n) is 8.87. The molecule has 0 saturated heterocycles. The van der Waals surface area contributed by atoms with Crippen LogP contribution in [0.3, 0.4) is 0 Å². The number of hydrogen-bond acceptors (Lipinski definition) is 8. The molecule has 0 aromatic carbocycles. The van der Waals surface area contributed by atoms with E-state index in [1.807, 2.05) is 69.2 Å². The molecule has 0 saturated carbocycles. The topological polar surface area (TPSA) is 137 Å². The van der Waals surface area contributed by atoms with Gasteiger partial charge >= 0.3 is 18.0 Å². The summed E-state index contributed by atoms with van der Waals surface area (Å²) >= 11 is 0. The Morgan fingerprint density at radius 3 is 1.82 bits per heavy atom. The lowest BCUT2D eigenvalue weighted by molar-refractivity contribution is -0.178. The SMILES string of the molecule is CCCCOC(=O)CC(CC(C)(C)C(C)(C)C(CC(C)(C)N)C(=O)N(C)C)(C(=O)OCCNC(=O)OC(C)(C)C)C(C)(C)C. The normalized spacial score (nSPS) is 15.1. The van der Waals surface area contributed by atoms with Crippen LogP contribution in [-0.2, 0) is 28.6 Å². The number of rotatable bonds is 16. The van der Waals surface area contributed by atoms with Crippen molar-refractivity contribution in [1.29, 1.82) is 0 Å². The van der Waals surface area contributed by atoms with E-state index < -0.39 is 56.7 Å². The molecular formula is C34H65N3O7. The Morgan fingerprint density at radius 1 is 0.841 bits per heavy atom. The number of alkyl carbamates (subject to hydrolysis) is 1. The fourth-order valence-electron chi connectivity index (χ4n) is 5.36. The van der Waals surface area contributed by atoms with E-state index in [4.69, 9.17) is 19.9 Å². The van der Waals surface area contributed by atoms with E-state index in [0.29, 0.717) is 6.42 Å². The van der Waals surface area contributed by atoms with Gasteiger partial charge in [0.15, 0.2) is 0 Å². The van der Waals surface area contributed by atoms with E-state index in [1.54, 1.807) is 39.8 Å². The van der Waals surface area contributed by atoms with Gasteiger partial charge in [-0.05, 0) is 70.1 Å². The lowest BCUT2D eigenvalue weighted by Gasteiger charge is -2.54. The number of ether oxygens (including phenoxy) is 3. The van der Waals surface area contributed by atoms with Gasteiger partial charge in [0.2, 0.25) is 5.91 Å².